The first-order valence-corrected chi connectivity index (χ1v) is 7.78. The van der Waals surface area contributed by atoms with Crippen LogP contribution in [0.4, 0.5) is 5.69 Å². The summed E-state index contributed by atoms with van der Waals surface area (Å²) in [5, 5.41) is 10.7. The Labute approximate surface area is 99.2 Å². The van der Waals surface area contributed by atoms with Gasteiger partial charge in [-0.1, -0.05) is 0 Å². The molecule has 0 saturated carbocycles. The van der Waals surface area contributed by atoms with Gasteiger partial charge in [0.05, 0.1) is 0 Å². The van der Waals surface area contributed by atoms with Gasteiger partial charge < -0.3 is 0 Å². The topological polar surface area (TPSA) is 43.1 Å². The predicted octanol–water partition coefficient (Wildman–Crippen LogP) is 0.307. The molecule has 76 valence electrons. The van der Waals surface area contributed by atoms with E-state index in [0.717, 1.165) is 3.34 Å². The standard InChI is InChI=1S/C10H7NO2Se2/c12-11(13)9-6-7-14-10(9)15-8-4-2-1-3-5-8/h1-7H. The van der Waals surface area contributed by atoms with Crippen molar-refractivity contribution >= 4 is 42.9 Å². The zero-order valence-corrected chi connectivity index (χ0v) is 11.0. The van der Waals surface area contributed by atoms with Gasteiger partial charge in [0.15, 0.2) is 0 Å². The quantitative estimate of drug-likeness (QED) is 0.462. The fourth-order valence-electron chi connectivity index (χ4n) is 1.10. The molecule has 0 amide bonds. The summed E-state index contributed by atoms with van der Waals surface area (Å²) in [5.41, 5.74) is 0.318. The van der Waals surface area contributed by atoms with E-state index in [1.165, 1.54) is 4.46 Å². The van der Waals surface area contributed by atoms with Crippen LogP contribution in [-0.4, -0.2) is 34.4 Å². The van der Waals surface area contributed by atoms with Gasteiger partial charge in [0.25, 0.3) is 0 Å². The third kappa shape index (κ3) is 2.58. The molecule has 0 aliphatic heterocycles. The Morgan fingerprint density at radius 3 is 2.60 bits per heavy atom. The van der Waals surface area contributed by atoms with Crippen molar-refractivity contribution in [1.29, 1.82) is 0 Å². The molecular weight excluding hydrogens is 324 g/mol. The van der Waals surface area contributed by atoms with Crippen LogP contribution in [0.3, 0.4) is 0 Å². The number of hydrogen-bond acceptors (Lipinski definition) is 2. The molecule has 0 N–H and O–H groups in total. The van der Waals surface area contributed by atoms with E-state index in [2.05, 4.69) is 0 Å². The Bertz CT molecular complexity index is 467. The summed E-state index contributed by atoms with van der Waals surface area (Å²) in [7, 11) is 0. The Kier molecular flexibility index (Phi) is 3.39. The maximum atomic E-state index is 10.7. The first-order chi connectivity index (χ1) is 7.27. The van der Waals surface area contributed by atoms with E-state index < -0.39 is 0 Å². The molecule has 0 aliphatic rings. The monoisotopic (exact) mass is 333 g/mol. The molecule has 1 heterocycles. The number of hydrogen-bond donors (Lipinski definition) is 0. The van der Waals surface area contributed by atoms with E-state index in [1.54, 1.807) is 6.07 Å². The first kappa shape index (κ1) is 10.6. The molecule has 5 heteroatoms. The van der Waals surface area contributed by atoms with Gasteiger partial charge in [0.1, 0.15) is 0 Å². The molecule has 0 unspecified atom stereocenters. The first-order valence-electron chi connectivity index (χ1n) is 4.22. The summed E-state index contributed by atoms with van der Waals surface area (Å²) in [6.07, 6.45) is 0. The molecule has 1 aromatic carbocycles. The van der Waals surface area contributed by atoms with E-state index in [1.807, 2.05) is 35.3 Å². The van der Waals surface area contributed by atoms with Crippen LogP contribution >= 0.6 is 0 Å². The van der Waals surface area contributed by atoms with Gasteiger partial charge in [-0.3, -0.25) is 0 Å². The van der Waals surface area contributed by atoms with Crippen LogP contribution in [-0.2, 0) is 0 Å². The van der Waals surface area contributed by atoms with Crippen molar-refractivity contribution in [1.82, 2.24) is 0 Å². The van der Waals surface area contributed by atoms with Crippen LogP contribution in [0, 0.1) is 10.1 Å². The van der Waals surface area contributed by atoms with Crippen LogP contribution in [0.2, 0.25) is 0 Å². The van der Waals surface area contributed by atoms with E-state index in [4.69, 9.17) is 0 Å². The summed E-state index contributed by atoms with van der Waals surface area (Å²) in [4.78, 5) is 12.4. The second kappa shape index (κ2) is 4.77. The second-order valence-electron chi connectivity index (χ2n) is 2.77. The van der Waals surface area contributed by atoms with Crippen LogP contribution in [0.15, 0.2) is 41.3 Å². The van der Waals surface area contributed by atoms with Crippen molar-refractivity contribution in [3.05, 3.63) is 51.5 Å². The van der Waals surface area contributed by atoms with Crippen molar-refractivity contribution in [2.75, 3.05) is 0 Å². The molecule has 2 rings (SSSR count). The number of nitro groups is 1. The summed E-state index contributed by atoms with van der Waals surface area (Å²) >= 11 is 0.283. The second-order valence-corrected chi connectivity index (χ2v) is 8.27. The van der Waals surface area contributed by atoms with Crippen LogP contribution in [0.1, 0.15) is 0 Å². The third-order valence-electron chi connectivity index (χ3n) is 1.76. The molecule has 0 radical (unpaired) electrons. The Balaban J connectivity index is 2.25. The average Bonchev–Trinajstić information content (AvgIpc) is 2.67. The SMILES string of the molecule is O=[N+]([O-])c1cc[se]c1[Se]c1ccccc1. The van der Waals surface area contributed by atoms with Crippen molar-refractivity contribution in [3.63, 3.8) is 0 Å². The minimum absolute atomic E-state index is 0.104. The fourth-order valence-corrected chi connectivity index (χ4v) is 6.18. The molecule has 2 aromatic rings. The molecule has 0 bridgehead atoms. The summed E-state index contributed by atoms with van der Waals surface area (Å²) < 4.78 is 2.22. The maximum absolute atomic E-state index is 10.7. The van der Waals surface area contributed by atoms with E-state index in [-0.39, 0.29) is 34.4 Å². The zero-order valence-electron chi connectivity index (χ0n) is 7.62. The molecule has 0 fully saturated rings. The van der Waals surface area contributed by atoms with E-state index in [0.29, 0.717) is 5.69 Å². The minimum atomic E-state index is -0.273. The van der Waals surface area contributed by atoms with Gasteiger partial charge in [-0.25, -0.2) is 0 Å². The molecule has 15 heavy (non-hydrogen) atoms. The van der Waals surface area contributed by atoms with Gasteiger partial charge in [-0.15, -0.1) is 0 Å². The zero-order chi connectivity index (χ0) is 10.7. The van der Waals surface area contributed by atoms with Crippen LogP contribution in [0.5, 0.6) is 0 Å². The van der Waals surface area contributed by atoms with Gasteiger partial charge >= 0.3 is 99.3 Å². The normalized spacial score (nSPS) is 10.1. The van der Waals surface area contributed by atoms with Crippen molar-refractivity contribution in [3.8, 4) is 0 Å². The predicted molar refractivity (Wildman–Crippen MR) is 61.5 cm³/mol. The molecule has 0 saturated heterocycles. The van der Waals surface area contributed by atoms with Gasteiger partial charge in [0, 0.05) is 0 Å². The van der Waals surface area contributed by atoms with Crippen molar-refractivity contribution in [2.24, 2.45) is 0 Å². The number of benzene rings is 1. The summed E-state index contributed by atoms with van der Waals surface area (Å²) in [5.74, 6) is 0. The summed E-state index contributed by atoms with van der Waals surface area (Å²) in [6, 6.07) is 11.6. The molecule has 0 atom stereocenters. The Morgan fingerprint density at radius 2 is 1.93 bits per heavy atom. The van der Waals surface area contributed by atoms with Gasteiger partial charge in [-0.2, -0.15) is 0 Å². The molecule has 0 spiro atoms. The van der Waals surface area contributed by atoms with Crippen LogP contribution < -0.4 is 7.80 Å². The molecule has 0 aliphatic carbocycles. The van der Waals surface area contributed by atoms with Crippen LogP contribution in [0.25, 0.3) is 0 Å². The summed E-state index contributed by atoms with van der Waals surface area (Å²) in [6.45, 7) is 0. The Hall–Kier alpha value is -0.861. The molecule has 3 nitrogen and oxygen atoms in total. The molecular formula is C10H7NO2Se2. The third-order valence-corrected chi connectivity index (χ3v) is 7.07. The number of nitrogens with zero attached hydrogens (tertiary/aromatic N) is 1. The van der Waals surface area contributed by atoms with Gasteiger partial charge in [0.2, 0.25) is 0 Å². The van der Waals surface area contributed by atoms with E-state index in [9.17, 15) is 10.1 Å². The van der Waals surface area contributed by atoms with Crippen molar-refractivity contribution in [2.45, 2.75) is 0 Å². The number of rotatable bonds is 3. The van der Waals surface area contributed by atoms with Crippen molar-refractivity contribution < 1.29 is 4.92 Å². The van der Waals surface area contributed by atoms with E-state index >= 15 is 0 Å². The fraction of sp³-hybridized carbons (Fsp3) is 0. The van der Waals surface area contributed by atoms with Gasteiger partial charge in [-0.05, 0) is 0 Å². The Morgan fingerprint density at radius 1 is 1.20 bits per heavy atom. The molecule has 1 aromatic heterocycles. The average molecular weight is 331 g/mol.